The highest BCUT2D eigenvalue weighted by Gasteiger charge is 2.33. The van der Waals surface area contributed by atoms with Crippen LogP contribution in [0.4, 0.5) is 20.4 Å². The maximum absolute atomic E-state index is 14.4. The molecule has 0 aliphatic heterocycles. The van der Waals surface area contributed by atoms with Crippen LogP contribution in [0.25, 0.3) is 11.3 Å². The molecule has 1 aliphatic rings. The summed E-state index contributed by atoms with van der Waals surface area (Å²) < 4.78 is 49.6. The molecule has 10 heteroatoms. The summed E-state index contributed by atoms with van der Waals surface area (Å²) in [6.07, 6.45) is 2.78. The first-order chi connectivity index (χ1) is 14.9. The molecule has 0 amide bonds. The Bertz CT molecular complexity index is 1240. The van der Waals surface area contributed by atoms with E-state index in [1.165, 1.54) is 19.2 Å². The number of methoxy groups -OCH3 is 1. The first kappa shape index (κ1) is 21.1. The summed E-state index contributed by atoms with van der Waals surface area (Å²) in [4.78, 5) is 8.22. The third kappa shape index (κ3) is 4.64. The van der Waals surface area contributed by atoms with Crippen LogP contribution in [0.1, 0.15) is 18.4 Å². The molecule has 1 atom stereocenters. The molecule has 0 radical (unpaired) electrons. The van der Waals surface area contributed by atoms with Gasteiger partial charge in [-0.2, -0.15) is 4.47 Å². The number of anilines is 2. The van der Waals surface area contributed by atoms with Crippen molar-refractivity contribution in [2.24, 2.45) is 10.3 Å². The fourth-order valence-electron chi connectivity index (χ4n) is 3.26. The summed E-state index contributed by atoms with van der Waals surface area (Å²) in [5, 5.41) is 3.07. The zero-order chi connectivity index (χ0) is 22.0. The molecule has 2 aromatic carbocycles. The maximum atomic E-state index is 14.4. The Balaban J connectivity index is 1.61. The SMILES string of the molecule is COc1cc(F)ccc1-c1nc(Nc2cccc(CS(=O)(=NN)C3CC3)c2)ncc1F. The molecule has 3 aromatic rings. The molecule has 31 heavy (non-hydrogen) atoms. The summed E-state index contributed by atoms with van der Waals surface area (Å²) in [5.74, 6) is 4.81. The molecule has 1 saturated carbocycles. The Labute approximate surface area is 178 Å². The molecule has 0 saturated heterocycles. The van der Waals surface area contributed by atoms with Crippen molar-refractivity contribution >= 4 is 21.4 Å². The van der Waals surface area contributed by atoms with E-state index in [0.29, 0.717) is 11.3 Å². The molecule has 0 spiro atoms. The van der Waals surface area contributed by atoms with Crippen LogP contribution in [0.2, 0.25) is 0 Å². The van der Waals surface area contributed by atoms with Gasteiger partial charge in [-0.15, -0.1) is 0 Å². The number of benzene rings is 2. The lowest BCUT2D eigenvalue weighted by atomic mass is 10.1. The van der Waals surface area contributed by atoms with Crippen molar-refractivity contribution < 1.29 is 17.7 Å². The summed E-state index contributed by atoms with van der Waals surface area (Å²) in [6, 6.07) is 11.0. The van der Waals surface area contributed by atoms with Gasteiger partial charge in [0.15, 0.2) is 5.82 Å². The number of rotatable bonds is 7. The second-order valence-electron chi connectivity index (χ2n) is 7.20. The van der Waals surface area contributed by atoms with E-state index in [1.54, 1.807) is 18.2 Å². The number of nitrogens with two attached hydrogens (primary N) is 1. The molecule has 1 fully saturated rings. The number of hydrogen-bond acceptors (Lipinski definition) is 6. The fourth-order valence-corrected chi connectivity index (χ4v) is 5.27. The Morgan fingerprint density at radius 3 is 2.77 bits per heavy atom. The first-order valence-electron chi connectivity index (χ1n) is 9.57. The van der Waals surface area contributed by atoms with Crippen molar-refractivity contribution in [3.8, 4) is 17.0 Å². The van der Waals surface area contributed by atoms with Crippen LogP contribution in [-0.4, -0.2) is 26.5 Å². The molecule has 1 aliphatic carbocycles. The highest BCUT2D eigenvalue weighted by atomic mass is 32.2. The van der Waals surface area contributed by atoms with Crippen LogP contribution in [0.15, 0.2) is 53.1 Å². The molecule has 3 N–H and O–H groups in total. The van der Waals surface area contributed by atoms with E-state index < -0.39 is 21.4 Å². The van der Waals surface area contributed by atoms with Crippen LogP contribution >= 0.6 is 0 Å². The molecule has 162 valence electrons. The molecule has 4 rings (SSSR count). The van der Waals surface area contributed by atoms with Gasteiger partial charge in [0, 0.05) is 22.6 Å². The minimum absolute atomic E-state index is 0.0239. The van der Waals surface area contributed by atoms with Gasteiger partial charge in [0.2, 0.25) is 5.95 Å². The van der Waals surface area contributed by atoms with E-state index in [0.717, 1.165) is 30.7 Å². The lowest BCUT2D eigenvalue weighted by molar-refractivity contribution is 0.412. The summed E-state index contributed by atoms with van der Waals surface area (Å²) in [6.45, 7) is 0. The normalized spacial score (nSPS) is 15.2. The van der Waals surface area contributed by atoms with E-state index >= 15 is 0 Å². The number of nitrogens with zero attached hydrogens (tertiary/aromatic N) is 3. The predicted molar refractivity (Wildman–Crippen MR) is 115 cm³/mol. The zero-order valence-corrected chi connectivity index (χ0v) is 17.5. The van der Waals surface area contributed by atoms with Gasteiger partial charge in [0.25, 0.3) is 0 Å². The predicted octanol–water partition coefficient (Wildman–Crippen LogP) is 4.18. The number of hydrogen-bond donors (Lipinski definition) is 2. The van der Waals surface area contributed by atoms with E-state index in [9.17, 15) is 13.0 Å². The molecule has 1 aromatic heterocycles. The van der Waals surface area contributed by atoms with Gasteiger partial charge >= 0.3 is 0 Å². The summed E-state index contributed by atoms with van der Waals surface area (Å²) in [5.41, 5.74) is 1.72. The molecule has 1 unspecified atom stereocenters. The Kier molecular flexibility index (Phi) is 5.84. The second kappa shape index (κ2) is 8.56. The number of halogens is 2. The number of aromatic nitrogens is 2. The van der Waals surface area contributed by atoms with Crippen LogP contribution < -0.4 is 15.9 Å². The highest BCUT2D eigenvalue weighted by Crippen LogP contribution is 2.33. The number of ether oxygens (including phenoxy) is 1. The van der Waals surface area contributed by atoms with Crippen molar-refractivity contribution in [3.63, 3.8) is 0 Å². The minimum Gasteiger partial charge on any atom is -0.496 e. The van der Waals surface area contributed by atoms with Gasteiger partial charge in [-0.25, -0.2) is 28.8 Å². The number of nitrogens with one attached hydrogen (secondary N) is 1. The summed E-state index contributed by atoms with van der Waals surface area (Å²) in [7, 11) is -1.11. The van der Waals surface area contributed by atoms with Gasteiger partial charge in [0.1, 0.15) is 17.3 Å². The zero-order valence-electron chi connectivity index (χ0n) is 16.7. The lowest BCUT2D eigenvalue weighted by Crippen LogP contribution is -2.12. The van der Waals surface area contributed by atoms with Crippen molar-refractivity contribution in [2.45, 2.75) is 23.8 Å². The Morgan fingerprint density at radius 1 is 1.26 bits per heavy atom. The van der Waals surface area contributed by atoms with Crippen LogP contribution in [0.3, 0.4) is 0 Å². The lowest BCUT2D eigenvalue weighted by Gasteiger charge is -2.12. The van der Waals surface area contributed by atoms with Gasteiger partial charge in [-0.1, -0.05) is 12.1 Å². The minimum atomic E-state index is -2.49. The average Bonchev–Trinajstić information content (AvgIpc) is 3.61. The van der Waals surface area contributed by atoms with Crippen LogP contribution in [-0.2, 0) is 15.5 Å². The van der Waals surface area contributed by atoms with E-state index in [4.69, 9.17) is 10.6 Å². The molecule has 1 heterocycles. The quantitative estimate of drug-likeness (QED) is 0.418. The van der Waals surface area contributed by atoms with Crippen molar-refractivity contribution in [2.75, 3.05) is 12.4 Å². The van der Waals surface area contributed by atoms with E-state index in [-0.39, 0.29) is 28.4 Å². The third-order valence-corrected chi connectivity index (χ3v) is 7.56. The van der Waals surface area contributed by atoms with E-state index in [1.807, 2.05) is 6.07 Å². The van der Waals surface area contributed by atoms with Crippen LogP contribution in [0.5, 0.6) is 5.75 Å². The highest BCUT2D eigenvalue weighted by molar-refractivity contribution is 7.93. The Morgan fingerprint density at radius 2 is 2.06 bits per heavy atom. The summed E-state index contributed by atoms with van der Waals surface area (Å²) >= 11 is 0. The fraction of sp³-hybridized carbons (Fsp3) is 0.238. The van der Waals surface area contributed by atoms with Crippen molar-refractivity contribution in [1.29, 1.82) is 0 Å². The van der Waals surface area contributed by atoms with Crippen LogP contribution in [0, 0.1) is 11.6 Å². The smallest absolute Gasteiger partial charge is 0.227 e. The third-order valence-electron chi connectivity index (χ3n) is 4.94. The topological polar surface area (TPSA) is 102 Å². The van der Waals surface area contributed by atoms with Gasteiger partial charge < -0.3 is 10.1 Å². The monoisotopic (exact) mass is 445 g/mol. The maximum Gasteiger partial charge on any atom is 0.227 e. The largest absolute Gasteiger partial charge is 0.496 e. The molecular weight excluding hydrogens is 424 g/mol. The molecule has 7 nitrogen and oxygen atoms in total. The molecule has 0 bridgehead atoms. The second-order valence-corrected chi connectivity index (χ2v) is 9.74. The van der Waals surface area contributed by atoms with Crippen molar-refractivity contribution in [1.82, 2.24) is 9.97 Å². The van der Waals surface area contributed by atoms with Gasteiger partial charge in [-0.05, 0) is 42.7 Å². The first-order valence-corrected chi connectivity index (χ1v) is 11.3. The standard InChI is InChI=1S/C21H21F2N5O2S/c1-30-19-10-14(22)5-8-17(19)20-18(23)11-25-21(27-20)26-15-4-2-3-13(9-15)12-31(29,28-24)16-6-7-16/h2-5,8-11,16H,6-7,12,24H2,1H3,(H,25,26,27). The Hall–Kier alpha value is -3.11. The average molecular weight is 445 g/mol. The molecular formula is C21H21F2N5O2S. The van der Waals surface area contributed by atoms with Gasteiger partial charge in [-0.3, -0.25) is 0 Å². The van der Waals surface area contributed by atoms with E-state index in [2.05, 4.69) is 19.8 Å². The van der Waals surface area contributed by atoms with Gasteiger partial charge in [0.05, 0.1) is 28.8 Å². The van der Waals surface area contributed by atoms with Crippen molar-refractivity contribution in [3.05, 3.63) is 65.9 Å².